The van der Waals surface area contributed by atoms with Crippen LogP contribution in [0.1, 0.15) is 144 Å². The Hall–Kier alpha value is -1.49. The van der Waals surface area contributed by atoms with Crippen LogP contribution >= 0.6 is 45.3 Å². The largest absolute Gasteiger partial charge is 0.505 e. The molecule has 4 aromatic heterocycles. The number of rotatable bonds is 16. The summed E-state index contributed by atoms with van der Waals surface area (Å²) in [5, 5.41) is 2.58. The molecular weight excluding hydrogens is 766 g/mol. The van der Waals surface area contributed by atoms with E-state index >= 15 is 0 Å². The Balaban J connectivity index is 1.43. The van der Waals surface area contributed by atoms with Crippen molar-refractivity contribution in [3.05, 3.63) is 46.2 Å². The molecule has 7 rings (SSSR count). The fourth-order valence-corrected chi connectivity index (χ4v) is 13.0. The molecule has 56 heavy (non-hydrogen) atoms. The first kappa shape index (κ1) is 42.6. The number of hydrogen-bond acceptors (Lipinski definition) is 8. The third kappa shape index (κ3) is 8.18. The molecule has 0 N–H and O–H groups in total. The average Bonchev–Trinajstić information content (AvgIpc) is 3.99. The zero-order valence-electron chi connectivity index (χ0n) is 36.1. The Kier molecular flexibility index (Phi) is 12.6. The van der Waals surface area contributed by atoms with Gasteiger partial charge in [0.05, 0.1) is 22.4 Å². The quantitative estimate of drug-likeness (QED) is 0.0929. The lowest BCUT2D eigenvalue weighted by atomic mass is 9.86. The summed E-state index contributed by atoms with van der Waals surface area (Å²) in [6.07, 6.45) is 12.4. The lowest BCUT2D eigenvalue weighted by Gasteiger charge is -2.32. The summed E-state index contributed by atoms with van der Waals surface area (Å²) < 4.78 is 31.8. The first-order valence-corrected chi connectivity index (χ1v) is 24.7. The summed E-state index contributed by atoms with van der Waals surface area (Å²) in [4.78, 5) is 5.63. The minimum absolute atomic E-state index is 0.413. The maximum absolute atomic E-state index is 6.72. The standard InChI is InChI=1S/C46H64B2O4S4/c1-13-17-19-29(15-3)25-31-21-23-35(53-31)39-33-27-37(47-49-43(5,6)44(7,8)50-47)56-42(33)40(36-24-22-32(54-36)26-30(16-4)20-18-14-2)34-28-38(55-41(34)39)48-51-45(9,10)46(11,12)52-48/h21-24,27-30H,13-20,25-26H2,1-12H3. The number of fused-ring (bicyclic) bond motifs is 2. The van der Waals surface area contributed by atoms with Crippen molar-refractivity contribution in [3.8, 4) is 20.9 Å². The number of hydrogen-bond donors (Lipinski definition) is 0. The van der Waals surface area contributed by atoms with Crippen molar-refractivity contribution in [2.24, 2.45) is 11.8 Å². The Labute approximate surface area is 354 Å². The number of thiophene rings is 4. The number of unbranched alkanes of at least 4 members (excludes halogenated alkanes) is 2. The van der Waals surface area contributed by atoms with Gasteiger partial charge >= 0.3 is 14.2 Å². The van der Waals surface area contributed by atoms with Gasteiger partial charge in [-0.15, -0.1) is 45.3 Å². The van der Waals surface area contributed by atoms with Crippen LogP contribution in [0.4, 0.5) is 0 Å². The van der Waals surface area contributed by atoms with Gasteiger partial charge in [-0.2, -0.15) is 0 Å². The lowest BCUT2D eigenvalue weighted by Crippen LogP contribution is -2.41. The van der Waals surface area contributed by atoms with E-state index in [-0.39, 0.29) is 0 Å². The Morgan fingerprint density at radius 1 is 0.518 bits per heavy atom. The van der Waals surface area contributed by atoms with Crippen LogP contribution in [0.3, 0.4) is 0 Å². The molecule has 4 nitrogen and oxygen atoms in total. The van der Waals surface area contributed by atoms with Crippen LogP contribution < -0.4 is 9.55 Å². The minimum Gasteiger partial charge on any atom is -0.399 e. The molecule has 0 bridgehead atoms. The second-order valence-corrected chi connectivity index (χ2v) is 23.0. The van der Waals surface area contributed by atoms with Crippen molar-refractivity contribution in [1.29, 1.82) is 0 Å². The smallest absolute Gasteiger partial charge is 0.399 e. The van der Waals surface area contributed by atoms with E-state index in [0.717, 1.165) is 34.2 Å². The molecule has 6 heterocycles. The molecule has 2 fully saturated rings. The van der Waals surface area contributed by atoms with E-state index in [9.17, 15) is 0 Å². The Bertz CT molecular complexity index is 1900. The highest BCUT2D eigenvalue weighted by Crippen LogP contribution is 2.51. The molecule has 2 atom stereocenters. The summed E-state index contributed by atoms with van der Waals surface area (Å²) in [5.41, 5.74) is 0.999. The van der Waals surface area contributed by atoms with Gasteiger partial charge in [-0.05, 0) is 116 Å². The highest BCUT2D eigenvalue weighted by molar-refractivity contribution is 7.31. The van der Waals surface area contributed by atoms with Gasteiger partial charge in [-0.1, -0.05) is 79.1 Å². The fourth-order valence-electron chi connectivity index (χ4n) is 8.15. The molecule has 0 spiro atoms. The van der Waals surface area contributed by atoms with Crippen molar-refractivity contribution in [2.45, 2.75) is 170 Å². The molecule has 1 aromatic carbocycles. The van der Waals surface area contributed by atoms with Gasteiger partial charge in [0, 0.05) is 60.4 Å². The SMILES string of the molecule is CCCCC(CC)Cc1ccc(-c2c3cc(B4OC(C)(C)C(C)(C)O4)sc3c(-c3ccc(CC(CC)CCCC)s3)c3cc(B4OC(C)(C)C(C)(C)O4)sc23)s1. The molecule has 2 aliphatic heterocycles. The van der Waals surface area contributed by atoms with Crippen LogP contribution in [-0.4, -0.2) is 36.6 Å². The van der Waals surface area contributed by atoms with Gasteiger partial charge in [0.1, 0.15) is 0 Å². The molecule has 10 heteroatoms. The van der Waals surface area contributed by atoms with Gasteiger partial charge in [0.15, 0.2) is 0 Å². The van der Waals surface area contributed by atoms with Gasteiger partial charge in [-0.3, -0.25) is 0 Å². The normalized spacial score (nSPS) is 19.9. The van der Waals surface area contributed by atoms with Gasteiger partial charge in [-0.25, -0.2) is 0 Å². The first-order valence-electron chi connectivity index (χ1n) is 21.4. The highest BCUT2D eigenvalue weighted by atomic mass is 32.1. The maximum Gasteiger partial charge on any atom is 0.505 e. The van der Waals surface area contributed by atoms with E-state index in [1.807, 2.05) is 45.3 Å². The van der Waals surface area contributed by atoms with E-state index in [1.54, 1.807) is 0 Å². The molecule has 0 aliphatic carbocycles. The molecule has 0 amide bonds. The summed E-state index contributed by atoms with van der Waals surface area (Å²) in [6, 6.07) is 14.4. The van der Waals surface area contributed by atoms with Crippen molar-refractivity contribution in [1.82, 2.24) is 0 Å². The van der Waals surface area contributed by atoms with Crippen molar-refractivity contribution in [3.63, 3.8) is 0 Å². The molecule has 5 aromatic rings. The molecule has 2 saturated heterocycles. The molecular formula is C46H64B2O4S4. The van der Waals surface area contributed by atoms with Gasteiger partial charge < -0.3 is 18.6 Å². The monoisotopic (exact) mass is 830 g/mol. The van der Waals surface area contributed by atoms with Crippen molar-refractivity contribution >= 4 is 89.3 Å². The Morgan fingerprint density at radius 3 is 1.20 bits per heavy atom. The summed E-state index contributed by atoms with van der Waals surface area (Å²) in [7, 11) is -0.830. The summed E-state index contributed by atoms with van der Waals surface area (Å²) in [6.45, 7) is 26.5. The van der Waals surface area contributed by atoms with E-state index < -0.39 is 36.6 Å². The van der Waals surface area contributed by atoms with Gasteiger partial charge in [0.25, 0.3) is 0 Å². The first-order chi connectivity index (χ1) is 26.5. The molecule has 302 valence electrons. The zero-order valence-corrected chi connectivity index (χ0v) is 39.4. The third-order valence-electron chi connectivity index (χ3n) is 13.3. The third-order valence-corrected chi connectivity index (χ3v) is 17.9. The number of benzene rings is 1. The predicted octanol–water partition coefficient (Wildman–Crippen LogP) is 13.7. The molecule has 2 unspecified atom stereocenters. The van der Waals surface area contributed by atoms with E-state index in [1.165, 1.54) is 102 Å². The van der Waals surface area contributed by atoms with Crippen molar-refractivity contribution in [2.75, 3.05) is 0 Å². The zero-order chi connectivity index (χ0) is 40.2. The summed E-state index contributed by atoms with van der Waals surface area (Å²) >= 11 is 7.68. The van der Waals surface area contributed by atoms with Crippen LogP contribution in [0.15, 0.2) is 36.4 Å². The molecule has 0 radical (unpaired) electrons. The van der Waals surface area contributed by atoms with E-state index in [4.69, 9.17) is 18.6 Å². The van der Waals surface area contributed by atoms with Crippen LogP contribution in [0.5, 0.6) is 0 Å². The van der Waals surface area contributed by atoms with Crippen LogP contribution in [0.2, 0.25) is 0 Å². The highest BCUT2D eigenvalue weighted by Gasteiger charge is 2.53. The van der Waals surface area contributed by atoms with E-state index in [2.05, 4.69) is 119 Å². The fraction of sp³-hybridized carbons (Fsp3) is 0.609. The average molecular weight is 831 g/mol. The topological polar surface area (TPSA) is 36.9 Å². The summed E-state index contributed by atoms with van der Waals surface area (Å²) in [5.74, 6) is 1.44. The molecule has 0 saturated carbocycles. The van der Waals surface area contributed by atoms with Gasteiger partial charge in [0.2, 0.25) is 0 Å². The van der Waals surface area contributed by atoms with E-state index in [0.29, 0.717) is 0 Å². The predicted molar refractivity (Wildman–Crippen MR) is 249 cm³/mol. The van der Waals surface area contributed by atoms with Crippen LogP contribution in [0, 0.1) is 11.8 Å². The minimum atomic E-state index is -0.415. The van der Waals surface area contributed by atoms with Crippen LogP contribution in [-0.2, 0) is 31.5 Å². The maximum atomic E-state index is 6.72. The Morgan fingerprint density at radius 2 is 0.875 bits per heavy atom. The molecule has 2 aliphatic rings. The lowest BCUT2D eigenvalue weighted by molar-refractivity contribution is 0.00578. The second-order valence-electron chi connectivity index (χ2n) is 18.5. The second kappa shape index (κ2) is 16.5. The van der Waals surface area contributed by atoms with Crippen LogP contribution in [0.25, 0.3) is 41.1 Å². The van der Waals surface area contributed by atoms with Crippen molar-refractivity contribution < 1.29 is 18.6 Å².